The first-order valence-corrected chi connectivity index (χ1v) is 3.47. The average molecular weight is 135 g/mol. The Morgan fingerprint density at radius 2 is 2.50 bits per heavy atom. The monoisotopic (exact) mass is 135 g/mol. The molecule has 1 atom stereocenters. The van der Waals surface area contributed by atoms with Crippen LogP contribution in [0.1, 0.15) is 0 Å². The summed E-state index contributed by atoms with van der Waals surface area (Å²) in [6, 6.07) is 0. The molecule has 8 heavy (non-hydrogen) atoms. The summed E-state index contributed by atoms with van der Waals surface area (Å²) in [6.45, 7) is 3.56. The van der Waals surface area contributed by atoms with Gasteiger partial charge in [0.25, 0.3) is 6.35 Å². The Bertz CT molecular complexity index is 91.3. The molecule has 0 aliphatic heterocycles. The van der Waals surface area contributed by atoms with E-state index < -0.39 is 14.4 Å². The predicted octanol–water partition coefficient (Wildman–Crippen LogP) is 0.881. The van der Waals surface area contributed by atoms with Gasteiger partial charge in [0.2, 0.25) is 0 Å². The third-order valence-corrected chi connectivity index (χ3v) is 1.12. The van der Waals surface area contributed by atoms with Crippen molar-refractivity contribution < 1.29 is 14.2 Å². The Labute approximate surface area is 48.8 Å². The zero-order chi connectivity index (χ0) is 6.41. The van der Waals surface area contributed by atoms with E-state index in [2.05, 4.69) is 11.1 Å². The number of aliphatic hydroxyl groups is 1. The molecule has 46 valence electrons. The molecule has 3 nitrogen and oxygen atoms in total. The van der Waals surface area contributed by atoms with Crippen LogP contribution in [0.2, 0.25) is 0 Å². The van der Waals surface area contributed by atoms with Crippen LogP contribution in [-0.4, -0.2) is 18.1 Å². The summed E-state index contributed by atoms with van der Waals surface area (Å²) in [5.74, 6) is 0. The van der Waals surface area contributed by atoms with Gasteiger partial charge in [-0.25, -0.2) is 0 Å². The van der Waals surface area contributed by atoms with Crippen LogP contribution in [0, 0.1) is 0 Å². The van der Waals surface area contributed by atoms with Crippen molar-refractivity contribution in [3.05, 3.63) is 12.7 Å². The van der Waals surface area contributed by atoms with Gasteiger partial charge in [-0.15, -0.1) is 11.1 Å². The fourth-order valence-corrected chi connectivity index (χ4v) is 0.530. The molecule has 0 bridgehead atoms. The number of rotatable bonds is 4. The van der Waals surface area contributed by atoms with Crippen LogP contribution in [0.15, 0.2) is 12.7 Å². The molecule has 0 aromatic carbocycles. The molecule has 0 aliphatic rings. The molecule has 0 aromatic heterocycles. The molecule has 0 aromatic rings. The summed E-state index contributed by atoms with van der Waals surface area (Å²) in [5, 5.41) is 8.12. The van der Waals surface area contributed by atoms with E-state index in [0.29, 0.717) is 0 Å². The van der Waals surface area contributed by atoms with Gasteiger partial charge in [0.1, 0.15) is 6.61 Å². The van der Waals surface area contributed by atoms with E-state index >= 15 is 0 Å². The molecule has 0 amide bonds. The van der Waals surface area contributed by atoms with Crippen LogP contribution in [0.4, 0.5) is 0 Å². The second-order valence-electron chi connectivity index (χ2n) is 1.06. The highest BCUT2D eigenvalue weighted by Gasteiger charge is 2.11. The zero-order valence-electron chi connectivity index (χ0n) is 4.41. The first-order chi connectivity index (χ1) is 3.81. The Balaban J connectivity index is 3.11. The van der Waals surface area contributed by atoms with Gasteiger partial charge in [-0.2, -0.15) is 0 Å². The van der Waals surface area contributed by atoms with Gasteiger partial charge in [-0.1, -0.05) is 6.08 Å². The Hall–Kier alpha value is -0.240. The molecule has 1 N–H and O–H groups in total. The summed E-state index contributed by atoms with van der Waals surface area (Å²) in [5.41, 5.74) is 0. The van der Waals surface area contributed by atoms with Crippen molar-refractivity contribution in [3.63, 3.8) is 0 Å². The van der Waals surface area contributed by atoms with Gasteiger partial charge in [-0.05, 0) is 4.57 Å². The van der Waals surface area contributed by atoms with Gasteiger partial charge >= 0.3 is 8.03 Å². The van der Waals surface area contributed by atoms with Crippen LogP contribution in [0.5, 0.6) is 0 Å². The molecule has 1 unspecified atom stereocenters. The van der Waals surface area contributed by atoms with Gasteiger partial charge < -0.3 is 5.11 Å². The third kappa shape index (κ3) is 3.93. The SMILES string of the molecule is C=CCO[P+](=O)CO. The maximum Gasteiger partial charge on any atom is 0.537 e. The van der Waals surface area contributed by atoms with Crippen molar-refractivity contribution in [2.24, 2.45) is 0 Å². The van der Waals surface area contributed by atoms with Gasteiger partial charge in [0.15, 0.2) is 0 Å². The number of hydrogen-bond acceptors (Lipinski definition) is 3. The lowest BCUT2D eigenvalue weighted by atomic mass is 10.7. The van der Waals surface area contributed by atoms with Crippen LogP contribution in [0.25, 0.3) is 0 Å². The fourth-order valence-electron chi connectivity index (χ4n) is 0.177. The van der Waals surface area contributed by atoms with Gasteiger partial charge in [0, 0.05) is 0 Å². The Morgan fingerprint density at radius 1 is 1.88 bits per heavy atom. The van der Waals surface area contributed by atoms with Crippen LogP contribution < -0.4 is 0 Å². The fraction of sp³-hybridized carbons (Fsp3) is 0.500. The smallest absolute Gasteiger partial charge is 0.351 e. The quantitative estimate of drug-likeness (QED) is 0.459. The molecule has 0 radical (unpaired) electrons. The zero-order valence-corrected chi connectivity index (χ0v) is 5.30. The summed E-state index contributed by atoms with van der Waals surface area (Å²) in [6.07, 6.45) is 1.06. The second kappa shape index (κ2) is 4.91. The third-order valence-electron chi connectivity index (χ3n) is 0.452. The van der Waals surface area contributed by atoms with E-state index in [0.717, 1.165) is 0 Å². The largest absolute Gasteiger partial charge is 0.537 e. The molecule has 4 heteroatoms. The molecule has 0 fully saturated rings. The molecule has 0 spiro atoms. The van der Waals surface area contributed by atoms with E-state index in [1.165, 1.54) is 6.08 Å². The van der Waals surface area contributed by atoms with Crippen molar-refractivity contribution in [1.29, 1.82) is 0 Å². The van der Waals surface area contributed by atoms with E-state index in [-0.39, 0.29) is 6.61 Å². The molecule has 0 saturated carbocycles. The van der Waals surface area contributed by atoms with Crippen molar-refractivity contribution in [2.75, 3.05) is 13.0 Å². The molecular weight excluding hydrogens is 127 g/mol. The first kappa shape index (κ1) is 7.76. The minimum atomic E-state index is -1.85. The minimum absolute atomic E-state index is 0.232. The van der Waals surface area contributed by atoms with Crippen LogP contribution in [-0.2, 0) is 9.09 Å². The highest BCUT2D eigenvalue weighted by Crippen LogP contribution is 2.18. The molecule has 0 aliphatic carbocycles. The maximum atomic E-state index is 10.2. The number of hydrogen-bond donors (Lipinski definition) is 1. The second-order valence-corrected chi connectivity index (χ2v) is 2.27. The summed E-state index contributed by atoms with van der Waals surface area (Å²) in [7, 11) is -1.85. The lowest BCUT2D eigenvalue weighted by Gasteiger charge is -1.77. The minimum Gasteiger partial charge on any atom is -0.351 e. The number of aliphatic hydroxyl groups excluding tert-OH is 1. The van der Waals surface area contributed by atoms with Crippen molar-refractivity contribution in [2.45, 2.75) is 0 Å². The van der Waals surface area contributed by atoms with Crippen LogP contribution >= 0.6 is 8.03 Å². The Kier molecular flexibility index (Phi) is 4.76. The van der Waals surface area contributed by atoms with E-state index in [1.54, 1.807) is 0 Å². The van der Waals surface area contributed by atoms with Gasteiger partial charge in [-0.3, -0.25) is 0 Å². The van der Waals surface area contributed by atoms with Crippen molar-refractivity contribution in [1.82, 2.24) is 0 Å². The summed E-state index contributed by atoms with van der Waals surface area (Å²) >= 11 is 0. The molecular formula is C4H8O3P+. The molecule has 0 rings (SSSR count). The van der Waals surface area contributed by atoms with E-state index in [1.807, 2.05) is 0 Å². The summed E-state index contributed by atoms with van der Waals surface area (Å²) < 4.78 is 14.7. The normalized spacial score (nSPS) is 10.9. The molecule has 0 heterocycles. The van der Waals surface area contributed by atoms with Crippen molar-refractivity contribution in [3.8, 4) is 0 Å². The topological polar surface area (TPSA) is 46.5 Å². The molecule has 0 saturated heterocycles. The van der Waals surface area contributed by atoms with E-state index in [9.17, 15) is 4.57 Å². The highest BCUT2D eigenvalue weighted by molar-refractivity contribution is 7.38. The van der Waals surface area contributed by atoms with Crippen LogP contribution in [0.3, 0.4) is 0 Å². The lowest BCUT2D eigenvalue weighted by Crippen LogP contribution is -1.81. The van der Waals surface area contributed by atoms with Crippen molar-refractivity contribution >= 4 is 8.03 Å². The first-order valence-electron chi connectivity index (χ1n) is 2.10. The lowest BCUT2D eigenvalue weighted by molar-refractivity contribution is 0.309. The van der Waals surface area contributed by atoms with E-state index in [4.69, 9.17) is 5.11 Å². The average Bonchev–Trinajstić information content (AvgIpc) is 1.83. The maximum absolute atomic E-state index is 10.2. The highest BCUT2D eigenvalue weighted by atomic mass is 31.1. The van der Waals surface area contributed by atoms with Gasteiger partial charge in [0.05, 0.1) is 0 Å². The standard InChI is InChI=1S/C4H8O3P/c1-2-3-7-8(6)4-5/h2,5H,1,3-4H2/q+1. The summed E-state index contributed by atoms with van der Waals surface area (Å²) in [4.78, 5) is 0. The predicted molar refractivity (Wildman–Crippen MR) is 30.8 cm³/mol. The Morgan fingerprint density at radius 3 is 2.88 bits per heavy atom.